The van der Waals surface area contributed by atoms with E-state index < -0.39 is 0 Å². The lowest BCUT2D eigenvalue weighted by molar-refractivity contribution is -0.133. The fourth-order valence-electron chi connectivity index (χ4n) is 3.41. The minimum absolute atomic E-state index is 0.0114. The molecular formula is C20H26N2O5. The molecule has 1 amide bonds. The number of pyridine rings is 1. The normalized spacial score (nSPS) is 16.5. The Bertz CT molecular complexity index is 871. The average Bonchev–Trinajstić information content (AvgIpc) is 3.19. The molecule has 7 heteroatoms. The quantitative estimate of drug-likeness (QED) is 0.805. The lowest BCUT2D eigenvalue weighted by Crippen LogP contribution is -2.37. The van der Waals surface area contributed by atoms with Crippen LogP contribution >= 0.6 is 0 Å². The molecule has 1 N–H and O–H groups in total. The molecule has 0 bridgehead atoms. The maximum atomic E-state index is 12.6. The van der Waals surface area contributed by atoms with Gasteiger partial charge in [-0.15, -0.1) is 0 Å². The van der Waals surface area contributed by atoms with Gasteiger partial charge in [-0.05, 0) is 25.0 Å². The Morgan fingerprint density at radius 3 is 2.63 bits per heavy atom. The molecule has 2 aromatic rings. The highest BCUT2D eigenvalue weighted by Gasteiger charge is 2.23. The van der Waals surface area contributed by atoms with E-state index in [1.165, 1.54) is 0 Å². The number of aromatic amines is 1. The van der Waals surface area contributed by atoms with Gasteiger partial charge >= 0.3 is 0 Å². The van der Waals surface area contributed by atoms with Crippen molar-refractivity contribution in [3.8, 4) is 11.5 Å². The summed E-state index contributed by atoms with van der Waals surface area (Å²) in [6.07, 6.45) is 2.39. The molecule has 0 saturated carbocycles. The number of aromatic nitrogens is 1. The molecule has 0 aliphatic carbocycles. The van der Waals surface area contributed by atoms with Gasteiger partial charge in [0.1, 0.15) is 0 Å². The van der Waals surface area contributed by atoms with Crippen molar-refractivity contribution in [1.82, 2.24) is 9.88 Å². The van der Waals surface area contributed by atoms with Gasteiger partial charge in [-0.3, -0.25) is 9.59 Å². The summed E-state index contributed by atoms with van der Waals surface area (Å²) in [6, 6.07) is 5.36. The van der Waals surface area contributed by atoms with Crippen molar-refractivity contribution < 1.29 is 19.0 Å². The molecule has 1 atom stereocenters. The highest BCUT2D eigenvalue weighted by atomic mass is 16.5. The minimum atomic E-state index is -0.212. The molecule has 1 aromatic carbocycles. The van der Waals surface area contributed by atoms with Crippen molar-refractivity contribution in [1.29, 1.82) is 0 Å². The Morgan fingerprint density at radius 2 is 2.00 bits per heavy atom. The fraction of sp³-hybridized carbons (Fsp3) is 0.500. The number of benzene rings is 1. The second kappa shape index (κ2) is 8.43. The largest absolute Gasteiger partial charge is 0.493 e. The van der Waals surface area contributed by atoms with Crippen LogP contribution in [0.4, 0.5) is 0 Å². The number of ether oxygens (including phenoxy) is 3. The van der Waals surface area contributed by atoms with Gasteiger partial charge in [0, 0.05) is 36.6 Å². The third-order valence-electron chi connectivity index (χ3n) is 4.89. The molecule has 7 nitrogen and oxygen atoms in total. The van der Waals surface area contributed by atoms with Gasteiger partial charge in [-0.2, -0.15) is 0 Å². The first-order valence-corrected chi connectivity index (χ1v) is 9.23. The van der Waals surface area contributed by atoms with Crippen LogP contribution in [-0.2, 0) is 16.1 Å². The van der Waals surface area contributed by atoms with Crippen molar-refractivity contribution in [3.63, 3.8) is 0 Å². The zero-order chi connectivity index (χ0) is 19.4. The molecule has 1 aromatic heterocycles. The number of carbonyl (C=O) groups excluding carboxylic acids is 1. The zero-order valence-electron chi connectivity index (χ0n) is 16.0. The molecule has 1 unspecified atom stereocenters. The molecule has 146 valence electrons. The molecule has 0 spiro atoms. The first-order chi connectivity index (χ1) is 13.0. The standard InChI is InChI=1S/C20H26N2O5/c1-4-19(23)22(12-15-6-5-7-27-15)11-14-8-13-9-17(25-2)18(26-3)10-16(13)21-20(14)24/h8-10,15H,4-7,11-12H2,1-3H3,(H,21,24). The fourth-order valence-corrected chi connectivity index (χ4v) is 3.41. The van der Waals surface area contributed by atoms with Crippen LogP contribution in [0.3, 0.4) is 0 Å². The number of amides is 1. The molecule has 1 aliphatic rings. The van der Waals surface area contributed by atoms with Crippen LogP contribution in [0.2, 0.25) is 0 Å². The van der Waals surface area contributed by atoms with Gasteiger partial charge in [0.25, 0.3) is 5.56 Å². The van der Waals surface area contributed by atoms with E-state index in [1.54, 1.807) is 25.2 Å². The van der Waals surface area contributed by atoms with Crippen molar-refractivity contribution >= 4 is 16.8 Å². The third-order valence-corrected chi connectivity index (χ3v) is 4.89. The highest BCUT2D eigenvalue weighted by molar-refractivity contribution is 5.83. The first-order valence-electron chi connectivity index (χ1n) is 9.23. The molecule has 3 rings (SSSR count). The number of fused-ring (bicyclic) bond motifs is 1. The number of hydrogen-bond donors (Lipinski definition) is 1. The third kappa shape index (κ3) is 4.24. The molecule has 2 heterocycles. The lowest BCUT2D eigenvalue weighted by atomic mass is 10.1. The predicted molar refractivity (Wildman–Crippen MR) is 102 cm³/mol. The van der Waals surface area contributed by atoms with Crippen molar-refractivity contribution in [2.45, 2.75) is 38.8 Å². The van der Waals surface area contributed by atoms with Crippen molar-refractivity contribution in [2.24, 2.45) is 0 Å². The maximum absolute atomic E-state index is 12.6. The summed E-state index contributed by atoms with van der Waals surface area (Å²) in [4.78, 5) is 29.6. The predicted octanol–water partition coefficient (Wildman–Crippen LogP) is 2.46. The number of hydrogen-bond acceptors (Lipinski definition) is 5. The number of nitrogens with zero attached hydrogens (tertiary/aromatic N) is 1. The van der Waals surface area contributed by atoms with Crippen molar-refractivity contribution in [3.05, 3.63) is 34.1 Å². The Morgan fingerprint density at radius 1 is 1.26 bits per heavy atom. The molecular weight excluding hydrogens is 348 g/mol. The Labute approximate surface area is 158 Å². The number of carbonyl (C=O) groups is 1. The summed E-state index contributed by atoms with van der Waals surface area (Å²) >= 11 is 0. The number of methoxy groups -OCH3 is 2. The Hall–Kier alpha value is -2.54. The van der Waals surface area contributed by atoms with Crippen LogP contribution in [0, 0.1) is 0 Å². The van der Waals surface area contributed by atoms with Crippen LogP contribution in [0.1, 0.15) is 31.7 Å². The lowest BCUT2D eigenvalue weighted by Gasteiger charge is -2.25. The maximum Gasteiger partial charge on any atom is 0.253 e. The minimum Gasteiger partial charge on any atom is -0.493 e. The summed E-state index contributed by atoms with van der Waals surface area (Å²) < 4.78 is 16.3. The summed E-state index contributed by atoms with van der Waals surface area (Å²) in [5.41, 5.74) is 0.986. The molecule has 1 fully saturated rings. The molecule has 0 radical (unpaired) electrons. The van der Waals surface area contributed by atoms with Gasteiger partial charge in [-0.25, -0.2) is 0 Å². The molecule has 27 heavy (non-hydrogen) atoms. The van der Waals surface area contributed by atoms with Gasteiger partial charge in [0.05, 0.1) is 32.4 Å². The first kappa shape index (κ1) is 19.2. The monoisotopic (exact) mass is 374 g/mol. The second-order valence-electron chi connectivity index (χ2n) is 6.68. The van der Waals surface area contributed by atoms with E-state index in [0.29, 0.717) is 35.5 Å². The zero-order valence-corrected chi connectivity index (χ0v) is 16.0. The number of nitrogens with one attached hydrogen (secondary N) is 1. The number of H-pyrrole nitrogens is 1. The van der Waals surface area contributed by atoms with E-state index >= 15 is 0 Å². The van der Waals surface area contributed by atoms with Gasteiger partial charge < -0.3 is 24.1 Å². The van der Waals surface area contributed by atoms with E-state index in [1.807, 2.05) is 19.1 Å². The van der Waals surface area contributed by atoms with Gasteiger partial charge in [0.15, 0.2) is 11.5 Å². The SMILES string of the molecule is CCC(=O)N(Cc1cc2cc(OC)c(OC)cc2[nH]c1=O)CC1CCCO1. The van der Waals surface area contributed by atoms with E-state index in [4.69, 9.17) is 14.2 Å². The van der Waals surface area contributed by atoms with Crippen molar-refractivity contribution in [2.75, 3.05) is 27.4 Å². The van der Waals surface area contributed by atoms with Crippen LogP contribution in [0.15, 0.2) is 23.0 Å². The summed E-state index contributed by atoms with van der Waals surface area (Å²) in [5.74, 6) is 1.15. The number of rotatable bonds is 7. The average molecular weight is 374 g/mol. The van der Waals surface area contributed by atoms with E-state index in [0.717, 1.165) is 24.8 Å². The molecule has 1 aliphatic heterocycles. The Balaban J connectivity index is 1.92. The van der Waals surface area contributed by atoms with E-state index in [9.17, 15) is 9.59 Å². The van der Waals surface area contributed by atoms with Gasteiger partial charge in [-0.1, -0.05) is 6.92 Å². The van der Waals surface area contributed by atoms with Gasteiger partial charge in [0.2, 0.25) is 5.91 Å². The topological polar surface area (TPSA) is 80.9 Å². The van der Waals surface area contributed by atoms with Crippen LogP contribution in [-0.4, -0.2) is 49.3 Å². The second-order valence-corrected chi connectivity index (χ2v) is 6.68. The van der Waals surface area contributed by atoms with Crippen LogP contribution < -0.4 is 15.0 Å². The van der Waals surface area contributed by atoms with E-state index in [2.05, 4.69) is 4.98 Å². The van der Waals surface area contributed by atoms with Crippen LogP contribution in [0.5, 0.6) is 11.5 Å². The van der Waals surface area contributed by atoms with E-state index in [-0.39, 0.29) is 24.1 Å². The molecule has 1 saturated heterocycles. The smallest absolute Gasteiger partial charge is 0.253 e. The summed E-state index contributed by atoms with van der Waals surface area (Å²) in [7, 11) is 3.12. The Kier molecular flexibility index (Phi) is 6.01. The highest BCUT2D eigenvalue weighted by Crippen LogP contribution is 2.31. The summed E-state index contributed by atoms with van der Waals surface area (Å²) in [5, 5.41) is 0.822. The summed E-state index contributed by atoms with van der Waals surface area (Å²) in [6.45, 7) is 3.33. The van der Waals surface area contributed by atoms with Crippen LogP contribution in [0.25, 0.3) is 10.9 Å².